The van der Waals surface area contributed by atoms with E-state index in [1.54, 1.807) is 0 Å². The third-order valence-electron chi connectivity index (χ3n) is 3.61. The summed E-state index contributed by atoms with van der Waals surface area (Å²) in [4.78, 5) is 12.5. The van der Waals surface area contributed by atoms with E-state index in [1.165, 1.54) is 11.1 Å². The molecule has 0 aliphatic carbocycles. The lowest BCUT2D eigenvalue weighted by atomic mass is 9.83. The molecule has 0 amide bonds. The Bertz CT molecular complexity index is 603. The number of hydrogen-bond acceptors (Lipinski definition) is 1. The van der Waals surface area contributed by atoms with Gasteiger partial charge in [-0.25, -0.2) is 0 Å². The molecule has 20 heavy (non-hydrogen) atoms. The van der Waals surface area contributed by atoms with Crippen molar-refractivity contribution in [3.63, 3.8) is 0 Å². The van der Waals surface area contributed by atoms with Crippen molar-refractivity contribution in [1.82, 2.24) is 0 Å². The zero-order chi connectivity index (χ0) is 14.8. The normalized spacial score (nSPS) is 11.4. The average molecular weight is 266 g/mol. The van der Waals surface area contributed by atoms with Crippen molar-refractivity contribution in [1.29, 1.82) is 0 Å². The molecule has 0 saturated carbocycles. The van der Waals surface area contributed by atoms with Gasteiger partial charge in [-0.3, -0.25) is 4.79 Å². The first-order valence-corrected chi connectivity index (χ1v) is 7.07. The first-order chi connectivity index (χ1) is 9.39. The Morgan fingerprint density at radius 1 is 0.950 bits per heavy atom. The van der Waals surface area contributed by atoms with Crippen LogP contribution in [0.1, 0.15) is 47.8 Å². The maximum absolute atomic E-state index is 12.5. The lowest BCUT2D eigenvalue weighted by Crippen LogP contribution is -2.21. The molecule has 0 aliphatic rings. The number of benzene rings is 2. The highest BCUT2D eigenvalue weighted by Gasteiger charge is 2.24. The van der Waals surface area contributed by atoms with Crippen molar-refractivity contribution in [2.45, 2.75) is 34.1 Å². The number of hydrogen-bond donors (Lipinski definition) is 0. The first-order valence-electron chi connectivity index (χ1n) is 7.07. The van der Waals surface area contributed by atoms with E-state index in [0.29, 0.717) is 0 Å². The Labute approximate surface area is 121 Å². The highest BCUT2D eigenvalue weighted by molar-refractivity contribution is 6.01. The smallest absolute Gasteiger partial charge is 0.168 e. The van der Waals surface area contributed by atoms with Crippen LogP contribution in [0.4, 0.5) is 0 Å². The summed E-state index contributed by atoms with van der Waals surface area (Å²) in [6.07, 6.45) is 0.873. The van der Waals surface area contributed by atoms with Gasteiger partial charge in [-0.1, -0.05) is 69.3 Å². The van der Waals surface area contributed by atoms with E-state index in [2.05, 4.69) is 37.3 Å². The molecule has 0 spiro atoms. The molecule has 0 heterocycles. The van der Waals surface area contributed by atoms with Crippen LogP contribution in [0, 0.1) is 12.3 Å². The Balaban J connectivity index is 2.35. The van der Waals surface area contributed by atoms with E-state index in [4.69, 9.17) is 0 Å². The van der Waals surface area contributed by atoms with E-state index in [1.807, 2.05) is 39.0 Å². The fraction of sp³-hybridized carbons (Fsp3) is 0.316. The third-order valence-corrected chi connectivity index (χ3v) is 3.61. The minimum atomic E-state index is -0.337. The number of rotatable bonds is 3. The molecule has 0 atom stereocenters. The molecule has 0 aliphatic heterocycles. The van der Waals surface area contributed by atoms with E-state index < -0.39 is 0 Å². The van der Waals surface area contributed by atoms with E-state index in [-0.39, 0.29) is 11.2 Å². The van der Waals surface area contributed by atoms with Gasteiger partial charge in [0.05, 0.1) is 0 Å². The van der Waals surface area contributed by atoms with Gasteiger partial charge in [0, 0.05) is 11.0 Å². The zero-order valence-electron chi connectivity index (χ0n) is 12.7. The van der Waals surface area contributed by atoms with Crippen molar-refractivity contribution in [2.24, 2.45) is 5.41 Å². The van der Waals surface area contributed by atoms with Crippen LogP contribution in [0.3, 0.4) is 0 Å². The summed E-state index contributed by atoms with van der Waals surface area (Å²) in [6.45, 7) is 7.97. The molecule has 1 heteroatoms. The summed E-state index contributed by atoms with van der Waals surface area (Å²) in [5, 5.41) is 0. The highest BCUT2D eigenvalue weighted by Crippen LogP contribution is 2.25. The largest absolute Gasteiger partial charge is 0.294 e. The van der Waals surface area contributed by atoms with Gasteiger partial charge in [-0.15, -0.1) is 0 Å². The zero-order valence-corrected chi connectivity index (χ0v) is 12.7. The number of carbonyl (C=O) groups is 1. The number of carbonyl (C=O) groups excluding carboxylic acids is 1. The predicted octanol–water partition coefficient (Wildman–Crippen LogP) is 4.81. The molecule has 2 aromatic carbocycles. The van der Waals surface area contributed by atoms with Crippen molar-refractivity contribution < 1.29 is 4.79 Å². The second kappa shape index (κ2) is 5.62. The second-order valence-corrected chi connectivity index (χ2v) is 6.33. The first kappa shape index (κ1) is 14.5. The molecule has 0 radical (unpaired) electrons. The van der Waals surface area contributed by atoms with Crippen LogP contribution >= 0.6 is 0 Å². The van der Waals surface area contributed by atoms with Crippen molar-refractivity contribution in [3.8, 4) is 0 Å². The Morgan fingerprint density at radius 3 is 2.20 bits per heavy atom. The Morgan fingerprint density at radius 2 is 1.60 bits per heavy atom. The van der Waals surface area contributed by atoms with Gasteiger partial charge in [0.2, 0.25) is 0 Å². The predicted molar refractivity (Wildman–Crippen MR) is 84.2 cm³/mol. The van der Waals surface area contributed by atoms with Gasteiger partial charge in [-0.2, -0.15) is 0 Å². The molecular formula is C19H22O. The van der Waals surface area contributed by atoms with E-state index in [9.17, 15) is 4.79 Å². The summed E-state index contributed by atoms with van der Waals surface area (Å²) in [7, 11) is 0. The van der Waals surface area contributed by atoms with Crippen LogP contribution < -0.4 is 0 Å². The summed E-state index contributed by atoms with van der Waals surface area (Å²) < 4.78 is 0. The summed E-state index contributed by atoms with van der Waals surface area (Å²) >= 11 is 0. The fourth-order valence-corrected chi connectivity index (χ4v) is 2.34. The standard InChI is InChI=1S/C19H22O/c1-14-16(13-15-9-6-5-7-10-15)11-8-12-17(14)18(20)19(2,3)4/h5-12H,13H2,1-4H3. The molecule has 1 nitrogen and oxygen atoms in total. The summed E-state index contributed by atoms with van der Waals surface area (Å²) in [5.41, 5.74) is 4.13. The van der Waals surface area contributed by atoms with Crippen LogP contribution in [0.15, 0.2) is 48.5 Å². The van der Waals surface area contributed by atoms with Crippen molar-refractivity contribution in [3.05, 3.63) is 70.8 Å². The summed E-state index contributed by atoms with van der Waals surface area (Å²) in [5.74, 6) is 0.213. The van der Waals surface area contributed by atoms with E-state index >= 15 is 0 Å². The lowest BCUT2D eigenvalue weighted by Gasteiger charge is -2.19. The van der Waals surface area contributed by atoms with Crippen LogP contribution in [0.5, 0.6) is 0 Å². The maximum atomic E-state index is 12.5. The summed E-state index contributed by atoms with van der Waals surface area (Å²) in [6, 6.07) is 16.4. The van der Waals surface area contributed by atoms with Crippen LogP contribution in [0.2, 0.25) is 0 Å². The molecule has 0 bridgehead atoms. The van der Waals surface area contributed by atoms with Crippen molar-refractivity contribution >= 4 is 5.78 Å². The quantitative estimate of drug-likeness (QED) is 0.728. The van der Waals surface area contributed by atoms with Crippen LogP contribution in [-0.4, -0.2) is 5.78 Å². The van der Waals surface area contributed by atoms with E-state index in [0.717, 1.165) is 17.5 Å². The Kier molecular flexibility index (Phi) is 4.08. The Hall–Kier alpha value is -1.89. The minimum absolute atomic E-state index is 0.213. The SMILES string of the molecule is Cc1c(Cc2ccccc2)cccc1C(=O)C(C)(C)C. The second-order valence-electron chi connectivity index (χ2n) is 6.33. The van der Waals surface area contributed by atoms with Gasteiger partial charge in [0.25, 0.3) is 0 Å². The van der Waals surface area contributed by atoms with Gasteiger partial charge >= 0.3 is 0 Å². The third kappa shape index (κ3) is 3.16. The van der Waals surface area contributed by atoms with Gasteiger partial charge in [0.15, 0.2) is 5.78 Å². The lowest BCUT2D eigenvalue weighted by molar-refractivity contribution is 0.0857. The molecule has 2 rings (SSSR count). The number of Topliss-reactive ketones (excluding diaryl/α,β-unsaturated/α-hetero) is 1. The molecule has 0 saturated heterocycles. The molecule has 0 aromatic heterocycles. The van der Waals surface area contributed by atoms with Crippen LogP contribution in [0.25, 0.3) is 0 Å². The van der Waals surface area contributed by atoms with Crippen LogP contribution in [-0.2, 0) is 6.42 Å². The average Bonchev–Trinajstić information content (AvgIpc) is 2.40. The molecular weight excluding hydrogens is 244 g/mol. The molecule has 2 aromatic rings. The van der Waals surface area contributed by atoms with Crippen molar-refractivity contribution in [2.75, 3.05) is 0 Å². The minimum Gasteiger partial charge on any atom is -0.294 e. The van der Waals surface area contributed by atoms with Gasteiger partial charge in [-0.05, 0) is 30.0 Å². The molecule has 0 unspecified atom stereocenters. The topological polar surface area (TPSA) is 17.1 Å². The number of ketones is 1. The fourth-order valence-electron chi connectivity index (χ4n) is 2.34. The molecule has 0 N–H and O–H groups in total. The monoisotopic (exact) mass is 266 g/mol. The highest BCUT2D eigenvalue weighted by atomic mass is 16.1. The molecule has 0 fully saturated rings. The molecule has 104 valence electrons. The van der Waals surface area contributed by atoms with Gasteiger partial charge in [0.1, 0.15) is 0 Å². The maximum Gasteiger partial charge on any atom is 0.168 e. The van der Waals surface area contributed by atoms with Gasteiger partial charge < -0.3 is 0 Å².